The van der Waals surface area contributed by atoms with E-state index in [0.717, 1.165) is 11.8 Å². The molecule has 32 heavy (non-hydrogen) atoms. The Morgan fingerprint density at radius 2 is 2.28 bits per heavy atom. The number of fused-ring (bicyclic) bond motifs is 1. The molecule has 164 valence electrons. The van der Waals surface area contributed by atoms with Gasteiger partial charge in [-0.15, -0.1) is 11.3 Å². The molecule has 2 unspecified atom stereocenters. The fraction of sp³-hybridized carbons (Fsp3) is 0.273. The predicted octanol–water partition coefficient (Wildman–Crippen LogP) is 3.12. The molecule has 1 aromatic carbocycles. The van der Waals surface area contributed by atoms with Gasteiger partial charge in [-0.25, -0.2) is 9.18 Å². The highest BCUT2D eigenvalue weighted by Crippen LogP contribution is 2.46. The molecule has 1 fully saturated rings. The summed E-state index contributed by atoms with van der Waals surface area (Å²) in [6, 6.07) is 1.16. The molecule has 1 aliphatic carbocycles. The molecule has 2 aromatic heterocycles. The molecule has 0 radical (unpaired) electrons. The van der Waals surface area contributed by atoms with E-state index in [0.29, 0.717) is 29.1 Å². The molecule has 1 saturated heterocycles. The fourth-order valence-corrected chi connectivity index (χ4v) is 6.06. The Labute approximate surface area is 184 Å². The van der Waals surface area contributed by atoms with E-state index in [9.17, 15) is 9.59 Å². The van der Waals surface area contributed by atoms with E-state index in [1.165, 1.54) is 11.3 Å². The summed E-state index contributed by atoms with van der Waals surface area (Å²) in [5.41, 5.74) is 0.473. The minimum atomic E-state index is -1.60. The first kappa shape index (κ1) is 19.3. The number of rotatable bonds is 3. The molecule has 2 atom stereocenters. The Hall–Kier alpha value is -3.37. The van der Waals surface area contributed by atoms with Crippen LogP contribution in [-0.4, -0.2) is 41.3 Å². The van der Waals surface area contributed by atoms with E-state index in [1.54, 1.807) is 9.78 Å². The minimum Gasteiger partial charge on any atom is -0.483 e. The first-order valence-corrected chi connectivity index (χ1v) is 11.0. The second-order valence-corrected chi connectivity index (χ2v) is 8.99. The van der Waals surface area contributed by atoms with Crippen molar-refractivity contribution in [1.29, 1.82) is 0 Å². The molecular formula is C22H18FN3O5S. The summed E-state index contributed by atoms with van der Waals surface area (Å²) in [5.74, 6) is -0.480. The number of allylic oxidation sites excluding steroid dienone is 2. The van der Waals surface area contributed by atoms with Crippen molar-refractivity contribution in [3.05, 3.63) is 57.5 Å². The van der Waals surface area contributed by atoms with Gasteiger partial charge in [-0.3, -0.25) is 9.20 Å². The minimum absolute atomic E-state index is 0.0223. The van der Waals surface area contributed by atoms with Crippen molar-refractivity contribution < 1.29 is 23.8 Å². The van der Waals surface area contributed by atoms with Crippen LogP contribution >= 0.6 is 11.3 Å². The number of halogens is 1. The second kappa shape index (κ2) is 6.57. The SMILES string of the molecule is CNC12C=CC=CC1CN(c1c(F)cc3c(=O)c(OC(=O)O)c4scc5n4c3c1OC5)C2. The quantitative estimate of drug-likeness (QED) is 0.587. The molecule has 0 spiro atoms. The van der Waals surface area contributed by atoms with Crippen molar-refractivity contribution in [2.75, 3.05) is 25.0 Å². The largest absolute Gasteiger partial charge is 0.511 e. The summed E-state index contributed by atoms with van der Waals surface area (Å²) in [6.07, 6.45) is 6.58. The Morgan fingerprint density at radius 1 is 1.44 bits per heavy atom. The van der Waals surface area contributed by atoms with Crippen LogP contribution in [0.15, 0.2) is 40.5 Å². The monoisotopic (exact) mass is 455 g/mol. The third-order valence-corrected chi connectivity index (χ3v) is 7.54. The molecule has 8 nitrogen and oxygen atoms in total. The summed E-state index contributed by atoms with van der Waals surface area (Å²) in [4.78, 5) is 26.6. The molecule has 3 aliphatic rings. The van der Waals surface area contributed by atoms with Gasteiger partial charge in [0.1, 0.15) is 22.6 Å². The number of thiazole rings is 1. The van der Waals surface area contributed by atoms with E-state index in [2.05, 4.69) is 17.5 Å². The Balaban J connectivity index is 1.62. The average molecular weight is 455 g/mol. The van der Waals surface area contributed by atoms with Gasteiger partial charge in [0.05, 0.1) is 16.6 Å². The van der Waals surface area contributed by atoms with E-state index in [1.807, 2.05) is 24.1 Å². The maximum absolute atomic E-state index is 15.6. The lowest BCUT2D eigenvalue weighted by atomic mass is 9.84. The van der Waals surface area contributed by atoms with Gasteiger partial charge in [0.25, 0.3) is 0 Å². The Kier molecular flexibility index (Phi) is 3.96. The van der Waals surface area contributed by atoms with Crippen molar-refractivity contribution in [2.45, 2.75) is 12.1 Å². The van der Waals surface area contributed by atoms with Gasteiger partial charge in [-0.2, -0.15) is 0 Å². The number of anilines is 1. The number of benzene rings is 1. The molecule has 3 aromatic rings. The topological polar surface area (TPSA) is 92.5 Å². The zero-order valence-corrected chi connectivity index (χ0v) is 17.7. The average Bonchev–Trinajstić information content (AvgIpc) is 3.37. The maximum atomic E-state index is 15.6. The smallest absolute Gasteiger partial charge is 0.483 e. The maximum Gasteiger partial charge on any atom is 0.511 e. The number of pyridine rings is 1. The van der Waals surface area contributed by atoms with Crippen LogP contribution in [0.1, 0.15) is 5.69 Å². The molecule has 6 rings (SSSR count). The van der Waals surface area contributed by atoms with Gasteiger partial charge in [0.2, 0.25) is 11.2 Å². The third kappa shape index (κ3) is 2.44. The fourth-order valence-electron chi connectivity index (χ4n) is 5.08. The highest BCUT2D eigenvalue weighted by Gasteiger charge is 2.45. The molecule has 2 N–H and O–H groups in total. The zero-order chi connectivity index (χ0) is 22.2. The molecular weight excluding hydrogens is 437 g/mol. The van der Waals surface area contributed by atoms with Crippen molar-refractivity contribution in [3.8, 4) is 11.5 Å². The predicted molar refractivity (Wildman–Crippen MR) is 118 cm³/mol. The zero-order valence-electron chi connectivity index (χ0n) is 16.9. The normalized spacial score (nSPS) is 23.2. The molecule has 2 aliphatic heterocycles. The lowest BCUT2D eigenvalue weighted by Crippen LogP contribution is -2.48. The molecule has 0 amide bonds. The Bertz CT molecular complexity index is 1440. The number of nitrogens with one attached hydrogen (secondary N) is 1. The van der Waals surface area contributed by atoms with E-state index >= 15 is 4.39 Å². The van der Waals surface area contributed by atoms with Crippen LogP contribution in [-0.2, 0) is 6.61 Å². The number of nitrogens with zero attached hydrogens (tertiary/aromatic N) is 2. The highest BCUT2D eigenvalue weighted by atomic mass is 32.1. The Morgan fingerprint density at radius 3 is 3.03 bits per heavy atom. The summed E-state index contributed by atoms with van der Waals surface area (Å²) in [7, 11) is 1.89. The van der Waals surface area contributed by atoms with Crippen molar-refractivity contribution in [1.82, 2.24) is 9.72 Å². The van der Waals surface area contributed by atoms with Crippen molar-refractivity contribution in [2.24, 2.45) is 5.92 Å². The number of aromatic nitrogens is 1. The molecule has 10 heteroatoms. The number of hydrogen-bond donors (Lipinski definition) is 2. The summed E-state index contributed by atoms with van der Waals surface area (Å²) >= 11 is 1.19. The van der Waals surface area contributed by atoms with Crippen LogP contribution in [0.4, 0.5) is 14.9 Å². The summed E-state index contributed by atoms with van der Waals surface area (Å²) in [5, 5.41) is 14.3. The lowest BCUT2D eigenvalue weighted by Gasteiger charge is -2.31. The number of carbonyl (C=O) groups is 1. The van der Waals surface area contributed by atoms with E-state index in [4.69, 9.17) is 14.6 Å². The third-order valence-electron chi connectivity index (χ3n) is 6.56. The summed E-state index contributed by atoms with van der Waals surface area (Å²) < 4.78 is 28.1. The molecule has 0 saturated carbocycles. The van der Waals surface area contributed by atoms with Crippen molar-refractivity contribution >= 4 is 38.9 Å². The van der Waals surface area contributed by atoms with E-state index < -0.39 is 17.4 Å². The van der Waals surface area contributed by atoms with E-state index in [-0.39, 0.29) is 34.9 Å². The second-order valence-electron chi connectivity index (χ2n) is 8.14. The number of hydrogen-bond acceptors (Lipinski definition) is 7. The molecule has 4 heterocycles. The van der Waals surface area contributed by atoms with Crippen LogP contribution in [0.25, 0.3) is 15.7 Å². The van der Waals surface area contributed by atoms with Crippen molar-refractivity contribution in [3.63, 3.8) is 0 Å². The standard InChI is InChI=1S/C22H18FN3O5S/c1-24-22-5-3-2-4-11(22)7-25(10-22)16-14(23)6-13-15-18(16)30-8-12-9-32-20(26(12)15)19(17(13)27)31-21(28)29/h2-6,9,11,24H,7-8,10H2,1H3,(H,28,29). The van der Waals surface area contributed by atoms with Crippen LogP contribution in [0.5, 0.6) is 11.5 Å². The number of ether oxygens (including phenoxy) is 2. The van der Waals surface area contributed by atoms with Gasteiger partial charge in [-0.05, 0) is 13.1 Å². The number of likely N-dealkylation sites (N-methyl/N-ethyl adjacent to an activating group) is 1. The van der Waals surface area contributed by atoms with Crippen LogP contribution in [0.3, 0.4) is 0 Å². The highest BCUT2D eigenvalue weighted by molar-refractivity contribution is 7.16. The first-order valence-electron chi connectivity index (χ1n) is 10.1. The molecule has 0 bridgehead atoms. The van der Waals surface area contributed by atoms with Gasteiger partial charge in [-0.1, -0.05) is 24.3 Å². The van der Waals surface area contributed by atoms with Gasteiger partial charge >= 0.3 is 6.16 Å². The van der Waals surface area contributed by atoms with Gasteiger partial charge < -0.3 is 24.8 Å². The van der Waals surface area contributed by atoms with Gasteiger partial charge in [0.15, 0.2) is 11.6 Å². The first-order chi connectivity index (χ1) is 15.4. The lowest BCUT2D eigenvalue weighted by molar-refractivity contribution is 0.144. The summed E-state index contributed by atoms with van der Waals surface area (Å²) in [6.45, 7) is 1.28. The van der Waals surface area contributed by atoms with Gasteiger partial charge in [0, 0.05) is 24.4 Å². The van der Waals surface area contributed by atoms with Crippen LogP contribution in [0, 0.1) is 11.7 Å². The van der Waals surface area contributed by atoms with Crippen LogP contribution < -0.4 is 25.1 Å². The number of carboxylic acid groups (broad SMARTS) is 1. The van der Waals surface area contributed by atoms with Crippen LogP contribution in [0.2, 0.25) is 0 Å².